The first-order valence-electron chi connectivity index (χ1n) is 7.61. The van der Waals surface area contributed by atoms with Gasteiger partial charge in [0.25, 0.3) is 0 Å². The molecule has 1 atom stereocenters. The van der Waals surface area contributed by atoms with E-state index in [2.05, 4.69) is 31.1 Å². The number of ether oxygens (including phenoxy) is 1. The van der Waals surface area contributed by atoms with Crippen molar-refractivity contribution >= 4 is 21.9 Å². The Morgan fingerprint density at radius 2 is 2.36 bits per heavy atom. The average molecular weight is 372 g/mol. The molecule has 1 unspecified atom stereocenters. The normalized spacial score (nSPS) is 18.5. The van der Waals surface area contributed by atoms with Crippen LogP contribution in [0.25, 0.3) is 0 Å². The monoisotopic (exact) mass is 371 g/mol. The van der Waals surface area contributed by atoms with Crippen LogP contribution in [-0.4, -0.2) is 44.2 Å². The Morgan fingerprint density at radius 3 is 3.00 bits per heavy atom. The Morgan fingerprint density at radius 1 is 1.55 bits per heavy atom. The standard InChI is InChI=1S/C16H23BrFN3O/c1-3-19-16(21(2)10-12-6-7-22-11-12)20-9-13-4-5-14(17)8-15(13)18/h4-5,8,12H,3,6-7,9-11H2,1-2H3,(H,19,20). The Bertz CT molecular complexity index is 518. The largest absolute Gasteiger partial charge is 0.381 e. The molecule has 1 aliphatic heterocycles. The molecular weight excluding hydrogens is 349 g/mol. The van der Waals surface area contributed by atoms with Gasteiger partial charge in [-0.3, -0.25) is 0 Å². The molecule has 2 rings (SSSR count). The highest BCUT2D eigenvalue weighted by atomic mass is 79.9. The Hall–Kier alpha value is -1.14. The summed E-state index contributed by atoms with van der Waals surface area (Å²) >= 11 is 3.27. The molecular formula is C16H23BrFN3O. The second kappa shape index (κ2) is 8.48. The molecule has 4 nitrogen and oxygen atoms in total. The van der Waals surface area contributed by atoms with Crippen LogP contribution in [-0.2, 0) is 11.3 Å². The third-order valence-electron chi connectivity index (χ3n) is 3.67. The molecule has 0 amide bonds. The molecule has 1 N–H and O–H groups in total. The van der Waals surface area contributed by atoms with E-state index in [1.165, 1.54) is 6.07 Å². The fourth-order valence-corrected chi connectivity index (χ4v) is 2.81. The summed E-state index contributed by atoms with van der Waals surface area (Å²) in [5.74, 6) is 1.11. The minimum Gasteiger partial charge on any atom is -0.381 e. The lowest BCUT2D eigenvalue weighted by Gasteiger charge is -2.24. The summed E-state index contributed by atoms with van der Waals surface area (Å²) in [5.41, 5.74) is 0.594. The summed E-state index contributed by atoms with van der Waals surface area (Å²) in [7, 11) is 2.01. The maximum absolute atomic E-state index is 13.9. The van der Waals surface area contributed by atoms with Crippen molar-refractivity contribution in [3.05, 3.63) is 34.1 Å². The highest BCUT2D eigenvalue weighted by Crippen LogP contribution is 2.16. The summed E-state index contributed by atoms with van der Waals surface area (Å²) < 4.78 is 20.0. The number of nitrogens with one attached hydrogen (secondary N) is 1. The van der Waals surface area contributed by atoms with E-state index >= 15 is 0 Å². The summed E-state index contributed by atoms with van der Waals surface area (Å²) in [5, 5.41) is 3.26. The minimum atomic E-state index is -0.235. The topological polar surface area (TPSA) is 36.9 Å². The van der Waals surface area contributed by atoms with Gasteiger partial charge in [0.05, 0.1) is 13.2 Å². The number of guanidine groups is 1. The van der Waals surface area contributed by atoms with Gasteiger partial charge in [-0.1, -0.05) is 22.0 Å². The number of benzene rings is 1. The lowest BCUT2D eigenvalue weighted by molar-refractivity contribution is 0.181. The molecule has 1 aliphatic rings. The van der Waals surface area contributed by atoms with Crippen LogP contribution >= 0.6 is 15.9 Å². The third kappa shape index (κ3) is 4.95. The first-order chi connectivity index (χ1) is 10.6. The predicted octanol–water partition coefficient (Wildman–Crippen LogP) is 3.02. The average Bonchev–Trinajstić information content (AvgIpc) is 2.97. The van der Waals surface area contributed by atoms with E-state index in [4.69, 9.17) is 4.74 Å². The van der Waals surface area contributed by atoms with Gasteiger partial charge in [-0.2, -0.15) is 0 Å². The van der Waals surface area contributed by atoms with Crippen LogP contribution < -0.4 is 5.32 Å². The SMILES string of the molecule is CCNC(=NCc1ccc(Br)cc1F)N(C)CC1CCOC1. The molecule has 0 bridgehead atoms. The van der Waals surface area contributed by atoms with Crippen LogP contribution in [0.2, 0.25) is 0 Å². The summed E-state index contributed by atoms with van der Waals surface area (Å²) in [6.45, 7) is 5.69. The van der Waals surface area contributed by atoms with Crippen molar-refractivity contribution in [2.24, 2.45) is 10.9 Å². The van der Waals surface area contributed by atoms with Gasteiger partial charge in [-0.05, 0) is 25.5 Å². The summed E-state index contributed by atoms with van der Waals surface area (Å²) in [6, 6.07) is 5.06. The van der Waals surface area contributed by atoms with Crippen LogP contribution in [0.15, 0.2) is 27.7 Å². The maximum Gasteiger partial charge on any atom is 0.193 e. The second-order valence-electron chi connectivity index (χ2n) is 5.52. The first-order valence-corrected chi connectivity index (χ1v) is 8.40. The van der Waals surface area contributed by atoms with E-state index in [0.29, 0.717) is 18.0 Å². The lowest BCUT2D eigenvalue weighted by Crippen LogP contribution is -2.41. The van der Waals surface area contributed by atoms with Gasteiger partial charge in [0.1, 0.15) is 5.82 Å². The molecule has 1 aromatic carbocycles. The molecule has 1 saturated heterocycles. The van der Waals surface area contributed by atoms with Crippen molar-refractivity contribution in [1.29, 1.82) is 0 Å². The molecule has 1 heterocycles. The third-order valence-corrected chi connectivity index (χ3v) is 4.16. The van der Waals surface area contributed by atoms with Gasteiger partial charge >= 0.3 is 0 Å². The smallest absolute Gasteiger partial charge is 0.193 e. The van der Waals surface area contributed by atoms with Gasteiger partial charge in [0.2, 0.25) is 0 Å². The Kier molecular flexibility index (Phi) is 6.64. The number of nitrogens with zero attached hydrogens (tertiary/aromatic N) is 2. The summed E-state index contributed by atoms with van der Waals surface area (Å²) in [6.07, 6.45) is 1.09. The van der Waals surface area contributed by atoms with Gasteiger partial charge in [-0.15, -0.1) is 0 Å². The van der Waals surface area contributed by atoms with Crippen molar-refractivity contribution < 1.29 is 9.13 Å². The minimum absolute atomic E-state index is 0.235. The highest BCUT2D eigenvalue weighted by molar-refractivity contribution is 9.10. The van der Waals surface area contributed by atoms with Crippen LogP contribution in [0.3, 0.4) is 0 Å². The van der Waals surface area contributed by atoms with E-state index in [1.54, 1.807) is 6.07 Å². The molecule has 1 aromatic rings. The molecule has 0 saturated carbocycles. The Balaban J connectivity index is 2.01. The molecule has 22 heavy (non-hydrogen) atoms. The zero-order valence-electron chi connectivity index (χ0n) is 13.1. The zero-order chi connectivity index (χ0) is 15.9. The van der Waals surface area contributed by atoms with Gasteiger partial charge in [-0.25, -0.2) is 9.38 Å². The van der Waals surface area contributed by atoms with E-state index in [9.17, 15) is 4.39 Å². The Labute approximate surface area is 139 Å². The van der Waals surface area contributed by atoms with Crippen LogP contribution in [0, 0.1) is 11.7 Å². The number of aliphatic imine (C=N–C) groups is 1. The number of rotatable bonds is 5. The van der Waals surface area contributed by atoms with Gasteiger partial charge in [0, 0.05) is 42.7 Å². The molecule has 6 heteroatoms. The van der Waals surface area contributed by atoms with Crippen molar-refractivity contribution in [2.75, 3.05) is 33.4 Å². The molecule has 0 spiro atoms. The van der Waals surface area contributed by atoms with E-state index < -0.39 is 0 Å². The molecule has 0 aliphatic carbocycles. The second-order valence-corrected chi connectivity index (χ2v) is 6.43. The quantitative estimate of drug-likeness (QED) is 0.638. The number of hydrogen-bond acceptors (Lipinski definition) is 2. The van der Waals surface area contributed by atoms with E-state index in [1.807, 2.05) is 20.0 Å². The number of hydrogen-bond donors (Lipinski definition) is 1. The van der Waals surface area contributed by atoms with Crippen molar-refractivity contribution in [3.63, 3.8) is 0 Å². The predicted molar refractivity (Wildman–Crippen MR) is 90.5 cm³/mol. The highest BCUT2D eigenvalue weighted by Gasteiger charge is 2.19. The molecule has 122 valence electrons. The van der Waals surface area contributed by atoms with Crippen molar-refractivity contribution in [2.45, 2.75) is 19.9 Å². The summed E-state index contributed by atoms with van der Waals surface area (Å²) in [4.78, 5) is 6.65. The zero-order valence-corrected chi connectivity index (χ0v) is 14.7. The lowest BCUT2D eigenvalue weighted by atomic mass is 10.1. The molecule has 0 radical (unpaired) electrons. The van der Waals surface area contributed by atoms with E-state index in [0.717, 1.165) is 43.2 Å². The maximum atomic E-state index is 13.9. The molecule has 1 fully saturated rings. The molecule has 0 aromatic heterocycles. The fraction of sp³-hybridized carbons (Fsp3) is 0.562. The fourth-order valence-electron chi connectivity index (χ4n) is 2.48. The first kappa shape index (κ1) is 17.2. The van der Waals surface area contributed by atoms with Crippen molar-refractivity contribution in [3.8, 4) is 0 Å². The van der Waals surface area contributed by atoms with Crippen LogP contribution in [0.1, 0.15) is 18.9 Å². The van der Waals surface area contributed by atoms with Crippen LogP contribution in [0.4, 0.5) is 4.39 Å². The van der Waals surface area contributed by atoms with Gasteiger partial charge in [0.15, 0.2) is 5.96 Å². The van der Waals surface area contributed by atoms with E-state index in [-0.39, 0.29) is 5.82 Å². The van der Waals surface area contributed by atoms with Crippen molar-refractivity contribution in [1.82, 2.24) is 10.2 Å². The van der Waals surface area contributed by atoms with Crippen LogP contribution in [0.5, 0.6) is 0 Å². The number of halogens is 2. The van der Waals surface area contributed by atoms with Gasteiger partial charge < -0.3 is 15.0 Å².